The fourth-order valence-corrected chi connectivity index (χ4v) is 2.82. The second-order valence-electron chi connectivity index (χ2n) is 4.18. The average molecular weight is 282 g/mol. The summed E-state index contributed by atoms with van der Waals surface area (Å²) in [5.41, 5.74) is 1.23. The zero-order valence-corrected chi connectivity index (χ0v) is 11.5. The normalized spacial score (nSPS) is 12.6. The summed E-state index contributed by atoms with van der Waals surface area (Å²) in [6.45, 7) is 0.878. The van der Waals surface area contributed by atoms with Gasteiger partial charge in [-0.3, -0.25) is 0 Å². The molecular formula is C14H16ClNOS. The van der Waals surface area contributed by atoms with Gasteiger partial charge in [0.15, 0.2) is 0 Å². The molecule has 0 aliphatic carbocycles. The molecule has 18 heavy (non-hydrogen) atoms. The SMILES string of the molecule is OCC(Cc1ccccc1)NCc1cc(Cl)cs1. The van der Waals surface area contributed by atoms with Gasteiger partial charge in [0.25, 0.3) is 0 Å². The summed E-state index contributed by atoms with van der Waals surface area (Å²) in [6.07, 6.45) is 0.830. The van der Waals surface area contributed by atoms with Crippen molar-refractivity contribution in [3.63, 3.8) is 0 Å². The van der Waals surface area contributed by atoms with Crippen molar-refractivity contribution in [3.8, 4) is 0 Å². The first-order valence-electron chi connectivity index (χ1n) is 5.89. The van der Waals surface area contributed by atoms with Crippen molar-refractivity contribution in [3.05, 3.63) is 57.2 Å². The Labute approximate surface area is 116 Å². The number of thiophene rings is 1. The molecule has 1 atom stereocenters. The van der Waals surface area contributed by atoms with Gasteiger partial charge >= 0.3 is 0 Å². The molecule has 1 aromatic carbocycles. The van der Waals surface area contributed by atoms with Gasteiger partial charge in [0.2, 0.25) is 0 Å². The van der Waals surface area contributed by atoms with E-state index in [4.69, 9.17) is 11.6 Å². The first kappa shape index (κ1) is 13.6. The van der Waals surface area contributed by atoms with E-state index >= 15 is 0 Å². The average Bonchev–Trinajstić information content (AvgIpc) is 2.81. The molecule has 0 radical (unpaired) electrons. The monoisotopic (exact) mass is 281 g/mol. The van der Waals surface area contributed by atoms with Crippen molar-refractivity contribution >= 4 is 22.9 Å². The predicted molar refractivity (Wildman–Crippen MR) is 77.2 cm³/mol. The Hall–Kier alpha value is -0.870. The molecule has 1 aromatic heterocycles. The minimum absolute atomic E-state index is 0.0771. The Kier molecular flexibility index (Phi) is 5.20. The lowest BCUT2D eigenvalue weighted by molar-refractivity contribution is 0.241. The summed E-state index contributed by atoms with van der Waals surface area (Å²) < 4.78 is 0. The van der Waals surface area contributed by atoms with Crippen LogP contribution in [0.3, 0.4) is 0 Å². The molecule has 0 aliphatic rings. The maximum atomic E-state index is 9.39. The molecule has 0 aliphatic heterocycles. The van der Waals surface area contributed by atoms with E-state index < -0.39 is 0 Å². The number of benzene rings is 1. The van der Waals surface area contributed by atoms with Crippen LogP contribution in [-0.4, -0.2) is 17.8 Å². The number of aliphatic hydroxyl groups excluding tert-OH is 1. The van der Waals surface area contributed by atoms with E-state index in [0.29, 0.717) is 0 Å². The molecule has 4 heteroatoms. The van der Waals surface area contributed by atoms with Gasteiger partial charge in [-0.05, 0) is 18.1 Å². The fourth-order valence-electron chi connectivity index (χ4n) is 1.79. The van der Waals surface area contributed by atoms with Gasteiger partial charge in [-0.1, -0.05) is 41.9 Å². The Bertz CT molecular complexity index is 472. The van der Waals surface area contributed by atoms with E-state index in [1.54, 1.807) is 11.3 Å². The van der Waals surface area contributed by atoms with Crippen molar-refractivity contribution in [2.75, 3.05) is 6.61 Å². The first-order chi connectivity index (χ1) is 8.78. The van der Waals surface area contributed by atoms with Crippen LogP contribution in [0.4, 0.5) is 0 Å². The van der Waals surface area contributed by atoms with E-state index in [2.05, 4.69) is 17.4 Å². The summed E-state index contributed by atoms with van der Waals surface area (Å²) in [5.74, 6) is 0. The topological polar surface area (TPSA) is 32.3 Å². The zero-order chi connectivity index (χ0) is 12.8. The van der Waals surface area contributed by atoms with Crippen LogP contribution in [-0.2, 0) is 13.0 Å². The van der Waals surface area contributed by atoms with Crippen molar-refractivity contribution in [2.24, 2.45) is 0 Å². The Morgan fingerprint density at radius 2 is 2.06 bits per heavy atom. The highest BCUT2D eigenvalue weighted by molar-refractivity contribution is 7.10. The number of aliphatic hydroxyl groups is 1. The molecule has 0 saturated carbocycles. The van der Waals surface area contributed by atoms with E-state index in [1.165, 1.54) is 10.4 Å². The molecule has 0 bridgehead atoms. The van der Waals surface area contributed by atoms with Crippen molar-refractivity contribution in [1.82, 2.24) is 5.32 Å². The van der Waals surface area contributed by atoms with E-state index in [-0.39, 0.29) is 12.6 Å². The van der Waals surface area contributed by atoms with Crippen LogP contribution in [0.15, 0.2) is 41.8 Å². The highest BCUT2D eigenvalue weighted by Gasteiger charge is 2.08. The van der Waals surface area contributed by atoms with Crippen LogP contribution in [0.25, 0.3) is 0 Å². The van der Waals surface area contributed by atoms with Crippen LogP contribution in [0, 0.1) is 0 Å². The summed E-state index contributed by atoms with van der Waals surface area (Å²) in [7, 11) is 0. The van der Waals surface area contributed by atoms with Gasteiger partial charge in [-0.2, -0.15) is 0 Å². The molecule has 2 rings (SSSR count). The molecular weight excluding hydrogens is 266 g/mol. The minimum Gasteiger partial charge on any atom is -0.395 e. The molecule has 0 spiro atoms. The van der Waals surface area contributed by atoms with E-state index in [9.17, 15) is 5.11 Å². The Morgan fingerprint density at radius 1 is 1.28 bits per heavy atom. The molecule has 1 heterocycles. The van der Waals surface area contributed by atoms with Gasteiger partial charge in [0.05, 0.1) is 11.6 Å². The number of nitrogens with one attached hydrogen (secondary N) is 1. The van der Waals surface area contributed by atoms with Crippen LogP contribution in [0.1, 0.15) is 10.4 Å². The fraction of sp³-hybridized carbons (Fsp3) is 0.286. The number of hydrogen-bond donors (Lipinski definition) is 2. The number of halogens is 1. The Balaban J connectivity index is 1.86. The van der Waals surface area contributed by atoms with Crippen LogP contribution >= 0.6 is 22.9 Å². The maximum Gasteiger partial charge on any atom is 0.0587 e. The van der Waals surface area contributed by atoms with Crippen molar-refractivity contribution in [1.29, 1.82) is 0 Å². The second-order valence-corrected chi connectivity index (χ2v) is 5.61. The minimum atomic E-state index is 0.0771. The molecule has 2 nitrogen and oxygen atoms in total. The molecule has 2 N–H and O–H groups in total. The highest BCUT2D eigenvalue weighted by Crippen LogP contribution is 2.18. The Morgan fingerprint density at radius 3 is 2.67 bits per heavy atom. The van der Waals surface area contributed by atoms with E-state index in [1.807, 2.05) is 29.6 Å². The number of rotatable bonds is 6. The lowest BCUT2D eigenvalue weighted by Gasteiger charge is -2.15. The lowest BCUT2D eigenvalue weighted by atomic mass is 10.1. The quantitative estimate of drug-likeness (QED) is 0.853. The van der Waals surface area contributed by atoms with Crippen LogP contribution in [0.2, 0.25) is 5.02 Å². The number of hydrogen-bond acceptors (Lipinski definition) is 3. The maximum absolute atomic E-state index is 9.39. The van der Waals surface area contributed by atoms with Crippen LogP contribution in [0.5, 0.6) is 0 Å². The standard InChI is InChI=1S/C14H16ClNOS/c15-12-7-14(18-10-12)8-16-13(9-17)6-11-4-2-1-3-5-11/h1-5,7,10,13,16-17H,6,8-9H2. The summed E-state index contributed by atoms with van der Waals surface area (Å²) in [6, 6.07) is 12.2. The van der Waals surface area contributed by atoms with Gasteiger partial charge in [0.1, 0.15) is 0 Å². The summed E-state index contributed by atoms with van der Waals surface area (Å²) in [4.78, 5) is 1.19. The molecule has 2 aromatic rings. The van der Waals surface area contributed by atoms with Crippen molar-refractivity contribution < 1.29 is 5.11 Å². The molecule has 0 fully saturated rings. The molecule has 1 unspecified atom stereocenters. The molecule has 96 valence electrons. The molecule has 0 amide bonds. The third kappa shape index (κ3) is 4.10. The zero-order valence-electron chi connectivity index (χ0n) is 9.97. The smallest absolute Gasteiger partial charge is 0.0587 e. The van der Waals surface area contributed by atoms with Gasteiger partial charge < -0.3 is 10.4 Å². The largest absolute Gasteiger partial charge is 0.395 e. The molecule has 0 saturated heterocycles. The van der Waals surface area contributed by atoms with Gasteiger partial charge in [-0.25, -0.2) is 0 Å². The first-order valence-corrected chi connectivity index (χ1v) is 7.15. The van der Waals surface area contributed by atoms with Crippen LogP contribution < -0.4 is 5.32 Å². The highest BCUT2D eigenvalue weighted by atomic mass is 35.5. The van der Waals surface area contributed by atoms with Gasteiger partial charge in [0, 0.05) is 22.8 Å². The third-order valence-electron chi connectivity index (χ3n) is 2.73. The summed E-state index contributed by atoms with van der Waals surface area (Å²) in [5, 5.41) is 15.4. The van der Waals surface area contributed by atoms with E-state index in [0.717, 1.165) is 18.0 Å². The third-order valence-corrected chi connectivity index (χ3v) is 4.02. The summed E-state index contributed by atoms with van der Waals surface area (Å²) >= 11 is 7.50. The predicted octanol–water partition coefficient (Wildman–Crippen LogP) is 3.09. The lowest BCUT2D eigenvalue weighted by Crippen LogP contribution is -2.33. The second kappa shape index (κ2) is 6.90. The van der Waals surface area contributed by atoms with Gasteiger partial charge in [-0.15, -0.1) is 11.3 Å². The van der Waals surface area contributed by atoms with Crippen molar-refractivity contribution in [2.45, 2.75) is 19.0 Å².